The van der Waals surface area contributed by atoms with Gasteiger partial charge >= 0.3 is 0 Å². The first kappa shape index (κ1) is 19.6. The molecule has 5 nitrogen and oxygen atoms in total. The van der Waals surface area contributed by atoms with Crippen LogP contribution in [0.3, 0.4) is 0 Å². The van der Waals surface area contributed by atoms with Gasteiger partial charge in [-0.15, -0.1) is 0 Å². The molecule has 0 N–H and O–H groups in total. The van der Waals surface area contributed by atoms with Crippen molar-refractivity contribution in [1.82, 2.24) is 0 Å². The van der Waals surface area contributed by atoms with Crippen LogP contribution in [-0.4, -0.2) is 50.7 Å². The summed E-state index contributed by atoms with van der Waals surface area (Å²) >= 11 is 0. The van der Waals surface area contributed by atoms with Gasteiger partial charge in [0.05, 0.1) is 33.3 Å². The van der Waals surface area contributed by atoms with Crippen LogP contribution in [0.1, 0.15) is 20.3 Å². The fraction of sp³-hybridized carbons (Fsp3) is 0.667. The Labute approximate surface area is 111 Å². The van der Waals surface area contributed by atoms with Crippen LogP contribution in [-0.2, 0) is 14.6 Å². The second-order valence-corrected chi connectivity index (χ2v) is 5.15. The van der Waals surface area contributed by atoms with Crippen molar-refractivity contribution in [3.63, 3.8) is 0 Å². The molecule has 0 amide bonds. The Morgan fingerprint density at radius 3 is 1.83 bits per heavy atom. The number of rotatable bonds is 8. The van der Waals surface area contributed by atoms with Gasteiger partial charge in [0.2, 0.25) is 10.4 Å². The molecule has 0 aromatic heterocycles. The van der Waals surface area contributed by atoms with E-state index >= 15 is 0 Å². The fourth-order valence-electron chi connectivity index (χ4n) is 1.56. The maximum atomic E-state index is 9.45. The van der Waals surface area contributed by atoms with Crippen molar-refractivity contribution in [3.05, 3.63) is 25.3 Å². The lowest BCUT2D eigenvalue weighted by molar-refractivity contribution is -0.898. The molecule has 0 aliphatic rings. The number of likely N-dealkylation sites (N-methyl/N-ethyl adjacent to an activating group) is 1. The van der Waals surface area contributed by atoms with E-state index in [2.05, 4.69) is 31.3 Å². The Kier molecular flexibility index (Phi) is 11.2. The standard InChI is InChI=1S/C10H20N.C2H6O4S/c1-5-8-11(4,9-6-2)10-7-3;1-2-6-7(3,4)5/h5-6H,1-2,7-10H2,3-4H3;2H2,1H3,(H,3,4,5)/q+1;/p-1. The topological polar surface area (TPSA) is 66.4 Å². The Morgan fingerprint density at radius 2 is 1.67 bits per heavy atom. The van der Waals surface area contributed by atoms with Crippen LogP contribution in [0, 0.1) is 0 Å². The Morgan fingerprint density at radius 1 is 1.22 bits per heavy atom. The van der Waals surface area contributed by atoms with Crippen molar-refractivity contribution in [1.29, 1.82) is 0 Å². The van der Waals surface area contributed by atoms with Crippen molar-refractivity contribution in [2.24, 2.45) is 0 Å². The molecular formula is C12H25NO4S. The second-order valence-electron chi connectivity index (χ2n) is 4.10. The molecule has 0 rings (SSSR count). The summed E-state index contributed by atoms with van der Waals surface area (Å²) in [4.78, 5) is 0. The molecule has 108 valence electrons. The Bertz CT molecular complexity index is 315. The van der Waals surface area contributed by atoms with Crippen molar-refractivity contribution < 1.29 is 21.6 Å². The first-order chi connectivity index (χ1) is 8.24. The molecule has 0 unspecified atom stereocenters. The third kappa shape index (κ3) is 13.4. The molecule has 18 heavy (non-hydrogen) atoms. The van der Waals surface area contributed by atoms with Gasteiger partial charge in [-0.2, -0.15) is 0 Å². The molecule has 0 spiro atoms. The molecule has 0 heterocycles. The molecule has 0 aliphatic heterocycles. The smallest absolute Gasteiger partial charge is 0.217 e. The van der Waals surface area contributed by atoms with E-state index < -0.39 is 10.4 Å². The SMILES string of the molecule is C=CC[N+](C)(CC=C)CCC.CCOS(=O)(=O)[O-]. The molecule has 0 saturated carbocycles. The van der Waals surface area contributed by atoms with Gasteiger partial charge in [-0.25, -0.2) is 8.42 Å². The van der Waals surface area contributed by atoms with E-state index in [1.807, 2.05) is 12.2 Å². The highest BCUT2D eigenvalue weighted by atomic mass is 32.3. The minimum Gasteiger partial charge on any atom is -0.726 e. The zero-order valence-corrected chi connectivity index (χ0v) is 12.4. The lowest BCUT2D eigenvalue weighted by atomic mass is 10.3. The molecule has 6 heteroatoms. The monoisotopic (exact) mass is 279 g/mol. The normalized spacial score (nSPS) is 11.3. The van der Waals surface area contributed by atoms with E-state index in [1.165, 1.54) is 19.9 Å². The maximum Gasteiger partial charge on any atom is 0.217 e. The summed E-state index contributed by atoms with van der Waals surface area (Å²) in [5.74, 6) is 0. The summed E-state index contributed by atoms with van der Waals surface area (Å²) < 4.78 is 33.1. The fourth-order valence-corrected chi connectivity index (χ4v) is 1.85. The largest absolute Gasteiger partial charge is 0.726 e. The van der Waals surface area contributed by atoms with Crippen LogP contribution in [0.5, 0.6) is 0 Å². The van der Waals surface area contributed by atoms with Gasteiger partial charge in [-0.3, -0.25) is 4.18 Å². The molecule has 0 saturated heterocycles. The molecule has 0 fully saturated rings. The number of hydrogen-bond acceptors (Lipinski definition) is 4. The molecule has 0 aliphatic carbocycles. The Balaban J connectivity index is 0. The summed E-state index contributed by atoms with van der Waals surface area (Å²) in [6, 6.07) is 0. The van der Waals surface area contributed by atoms with Crippen molar-refractivity contribution in [2.45, 2.75) is 20.3 Å². The predicted molar refractivity (Wildman–Crippen MR) is 72.8 cm³/mol. The lowest BCUT2D eigenvalue weighted by Gasteiger charge is -2.31. The average Bonchev–Trinajstić information content (AvgIpc) is 2.17. The van der Waals surface area contributed by atoms with Crippen LogP contribution in [0.4, 0.5) is 0 Å². The third-order valence-electron chi connectivity index (χ3n) is 2.17. The van der Waals surface area contributed by atoms with Crippen LogP contribution in [0.2, 0.25) is 0 Å². The molecule has 0 aromatic carbocycles. The third-order valence-corrected chi connectivity index (χ3v) is 2.69. The highest BCUT2D eigenvalue weighted by Gasteiger charge is 2.15. The van der Waals surface area contributed by atoms with Crippen molar-refractivity contribution in [2.75, 3.05) is 33.3 Å². The van der Waals surface area contributed by atoms with Crippen LogP contribution < -0.4 is 0 Å². The zero-order valence-electron chi connectivity index (χ0n) is 11.6. The van der Waals surface area contributed by atoms with Crippen LogP contribution in [0.15, 0.2) is 25.3 Å². The molecular weight excluding hydrogens is 254 g/mol. The van der Waals surface area contributed by atoms with Gasteiger partial charge in [-0.1, -0.05) is 20.1 Å². The number of hydrogen-bond donors (Lipinski definition) is 0. The maximum absolute atomic E-state index is 9.45. The molecule has 0 aromatic rings. The van der Waals surface area contributed by atoms with Gasteiger partial charge in [0.1, 0.15) is 0 Å². The van der Waals surface area contributed by atoms with E-state index in [9.17, 15) is 13.0 Å². The first-order valence-electron chi connectivity index (χ1n) is 5.90. The summed E-state index contributed by atoms with van der Waals surface area (Å²) in [6.07, 6.45) is 5.19. The average molecular weight is 279 g/mol. The Hall–Kier alpha value is -0.690. The van der Waals surface area contributed by atoms with Crippen LogP contribution in [0.25, 0.3) is 0 Å². The number of quaternary nitrogens is 1. The van der Waals surface area contributed by atoms with E-state index in [4.69, 9.17) is 0 Å². The van der Waals surface area contributed by atoms with Gasteiger partial charge < -0.3 is 9.04 Å². The molecule has 0 bridgehead atoms. The minimum atomic E-state index is -4.42. The van der Waals surface area contributed by atoms with Gasteiger partial charge in [0.15, 0.2) is 0 Å². The minimum absolute atomic E-state index is 0.0914. The second kappa shape index (κ2) is 10.3. The predicted octanol–water partition coefficient (Wildman–Crippen LogP) is 1.70. The number of nitrogens with zero attached hydrogens (tertiary/aromatic N) is 1. The van der Waals surface area contributed by atoms with Gasteiger partial charge in [-0.05, 0) is 25.5 Å². The quantitative estimate of drug-likeness (QED) is 0.293. The first-order valence-corrected chi connectivity index (χ1v) is 7.23. The highest BCUT2D eigenvalue weighted by molar-refractivity contribution is 7.80. The van der Waals surface area contributed by atoms with E-state index in [0.717, 1.165) is 17.6 Å². The summed E-state index contributed by atoms with van der Waals surface area (Å²) in [7, 11) is -2.18. The summed E-state index contributed by atoms with van der Waals surface area (Å²) in [5.41, 5.74) is 0. The van der Waals surface area contributed by atoms with E-state index in [0.29, 0.717) is 0 Å². The summed E-state index contributed by atoms with van der Waals surface area (Å²) in [6.45, 7) is 14.4. The molecule has 0 radical (unpaired) electrons. The molecule has 0 atom stereocenters. The zero-order chi connectivity index (χ0) is 14.7. The van der Waals surface area contributed by atoms with E-state index in [-0.39, 0.29) is 6.61 Å². The van der Waals surface area contributed by atoms with Crippen molar-refractivity contribution in [3.8, 4) is 0 Å². The van der Waals surface area contributed by atoms with Crippen LogP contribution >= 0.6 is 0 Å². The van der Waals surface area contributed by atoms with Gasteiger partial charge in [0, 0.05) is 0 Å². The van der Waals surface area contributed by atoms with Crippen molar-refractivity contribution >= 4 is 10.4 Å². The summed E-state index contributed by atoms with van der Waals surface area (Å²) in [5, 5.41) is 0. The van der Waals surface area contributed by atoms with Gasteiger partial charge in [0.25, 0.3) is 0 Å². The highest BCUT2D eigenvalue weighted by Crippen LogP contribution is 2.03. The van der Waals surface area contributed by atoms with E-state index in [1.54, 1.807) is 0 Å². The lowest BCUT2D eigenvalue weighted by Crippen LogP contribution is -2.44.